The van der Waals surface area contributed by atoms with Crippen LogP contribution >= 0.6 is 0 Å². The van der Waals surface area contributed by atoms with Gasteiger partial charge in [0.05, 0.1) is 0 Å². The predicted molar refractivity (Wildman–Crippen MR) is 55.5 cm³/mol. The molecule has 14 heavy (non-hydrogen) atoms. The van der Waals surface area contributed by atoms with Crippen molar-refractivity contribution in [1.82, 2.24) is 0 Å². The Morgan fingerprint density at radius 3 is 2.36 bits per heavy atom. The van der Waals surface area contributed by atoms with E-state index in [0.29, 0.717) is 6.54 Å². The van der Waals surface area contributed by atoms with Gasteiger partial charge in [0.15, 0.2) is 0 Å². The molecule has 1 aliphatic rings. The molecule has 1 atom stereocenters. The highest BCUT2D eigenvalue weighted by Crippen LogP contribution is 2.39. The molecule has 1 aliphatic carbocycles. The Hall–Kier alpha value is -0.890. The van der Waals surface area contributed by atoms with E-state index in [9.17, 15) is 4.39 Å². The average Bonchev–Trinajstić information content (AvgIpc) is 2.15. The summed E-state index contributed by atoms with van der Waals surface area (Å²) in [5.74, 6) is 0.263. The molecule has 1 saturated carbocycles. The predicted octanol–water partition coefficient (Wildman–Crippen LogP) is 2.96. The molecule has 2 heteroatoms. The molecule has 1 nitrogen and oxygen atoms in total. The third kappa shape index (κ3) is 1.80. The second kappa shape index (κ2) is 4.09. The molecule has 0 aromatic heterocycles. The number of hydrogen-bond donors (Lipinski definition) is 1. The highest BCUT2D eigenvalue weighted by Gasteiger charge is 2.27. The molecular formula is C12H16FN. The molecule has 1 aromatic rings. The zero-order valence-electron chi connectivity index (χ0n) is 8.25. The summed E-state index contributed by atoms with van der Waals surface area (Å²) in [6.45, 7) is 0.528. The molecule has 2 rings (SSSR count). The normalized spacial score (nSPS) is 19.0. The van der Waals surface area contributed by atoms with Crippen molar-refractivity contribution in [3.05, 3.63) is 35.4 Å². The van der Waals surface area contributed by atoms with Crippen LogP contribution in [0.1, 0.15) is 36.6 Å². The van der Waals surface area contributed by atoms with Crippen LogP contribution in [0.4, 0.5) is 4.39 Å². The summed E-state index contributed by atoms with van der Waals surface area (Å²) >= 11 is 0. The summed E-state index contributed by atoms with van der Waals surface area (Å²) in [4.78, 5) is 0. The maximum Gasteiger partial charge on any atom is 0.128 e. The quantitative estimate of drug-likeness (QED) is 0.784. The first-order valence-electron chi connectivity index (χ1n) is 5.24. The number of rotatable bonds is 3. The maximum atomic E-state index is 13.8. The minimum absolute atomic E-state index is 0.263. The van der Waals surface area contributed by atoms with Crippen molar-refractivity contribution in [2.24, 2.45) is 11.7 Å². The van der Waals surface area contributed by atoms with Gasteiger partial charge in [-0.25, -0.2) is 4.39 Å². The molecule has 0 bridgehead atoms. The van der Waals surface area contributed by atoms with Gasteiger partial charge in [-0.15, -0.1) is 0 Å². The molecule has 2 N–H and O–H groups in total. The molecule has 0 spiro atoms. The summed E-state index contributed by atoms with van der Waals surface area (Å²) in [5, 5.41) is 0. The van der Waals surface area contributed by atoms with Crippen molar-refractivity contribution < 1.29 is 4.39 Å². The van der Waals surface area contributed by atoms with Crippen molar-refractivity contribution in [3.8, 4) is 0 Å². The van der Waals surface area contributed by atoms with E-state index >= 15 is 0 Å². The maximum absolute atomic E-state index is 13.8. The van der Waals surface area contributed by atoms with Gasteiger partial charge in [0.1, 0.15) is 6.17 Å². The Bertz CT molecular complexity index is 290. The van der Waals surface area contributed by atoms with E-state index in [-0.39, 0.29) is 5.92 Å². The van der Waals surface area contributed by atoms with Gasteiger partial charge in [0, 0.05) is 6.54 Å². The largest absolute Gasteiger partial charge is 0.326 e. The Balaban J connectivity index is 2.07. The number of alkyl halides is 1. The van der Waals surface area contributed by atoms with Crippen molar-refractivity contribution >= 4 is 0 Å². The molecule has 0 aliphatic heterocycles. The van der Waals surface area contributed by atoms with Gasteiger partial charge < -0.3 is 5.73 Å². The van der Waals surface area contributed by atoms with E-state index in [1.807, 2.05) is 24.3 Å². The smallest absolute Gasteiger partial charge is 0.128 e. The average molecular weight is 193 g/mol. The zero-order chi connectivity index (χ0) is 9.97. The second-order valence-corrected chi connectivity index (χ2v) is 4.04. The summed E-state index contributed by atoms with van der Waals surface area (Å²) in [5.41, 5.74) is 7.36. The van der Waals surface area contributed by atoms with Crippen molar-refractivity contribution in [2.45, 2.75) is 32.0 Å². The number of nitrogens with two attached hydrogens (primary N) is 1. The van der Waals surface area contributed by atoms with E-state index < -0.39 is 6.17 Å². The van der Waals surface area contributed by atoms with Crippen molar-refractivity contribution in [2.75, 3.05) is 0 Å². The zero-order valence-corrected chi connectivity index (χ0v) is 8.25. The van der Waals surface area contributed by atoms with Crippen LogP contribution < -0.4 is 5.73 Å². The summed E-state index contributed by atoms with van der Waals surface area (Å²) in [6.07, 6.45) is 2.50. The van der Waals surface area contributed by atoms with Crippen LogP contribution in [-0.2, 0) is 6.54 Å². The molecule has 0 amide bonds. The van der Waals surface area contributed by atoms with E-state index in [4.69, 9.17) is 5.73 Å². The van der Waals surface area contributed by atoms with Crippen LogP contribution in [0.2, 0.25) is 0 Å². The first-order valence-corrected chi connectivity index (χ1v) is 5.24. The molecule has 0 saturated heterocycles. The van der Waals surface area contributed by atoms with Gasteiger partial charge in [-0.05, 0) is 29.9 Å². The van der Waals surface area contributed by atoms with Gasteiger partial charge in [-0.1, -0.05) is 30.7 Å². The van der Waals surface area contributed by atoms with Gasteiger partial charge in [0.2, 0.25) is 0 Å². The highest BCUT2D eigenvalue weighted by molar-refractivity contribution is 5.24. The standard InChI is InChI=1S/C12H16FN/c13-12(10-2-1-3-10)11-6-4-9(8-14)5-7-11/h4-7,10,12H,1-3,8,14H2. The van der Waals surface area contributed by atoms with Crippen LogP contribution in [0, 0.1) is 5.92 Å². The first kappa shape index (κ1) is 9.66. The van der Waals surface area contributed by atoms with Crippen LogP contribution in [0.5, 0.6) is 0 Å². The molecule has 1 fully saturated rings. The van der Waals surface area contributed by atoms with Gasteiger partial charge in [0.25, 0.3) is 0 Å². The summed E-state index contributed by atoms with van der Waals surface area (Å²) < 4.78 is 13.8. The number of halogens is 1. The van der Waals surface area contributed by atoms with Crippen LogP contribution in [0.15, 0.2) is 24.3 Å². The lowest BCUT2D eigenvalue weighted by Crippen LogP contribution is -2.17. The van der Waals surface area contributed by atoms with E-state index in [2.05, 4.69) is 0 Å². The van der Waals surface area contributed by atoms with Crippen LogP contribution in [-0.4, -0.2) is 0 Å². The Kier molecular flexibility index (Phi) is 2.82. The molecule has 1 unspecified atom stereocenters. The minimum Gasteiger partial charge on any atom is -0.326 e. The fourth-order valence-electron chi connectivity index (χ4n) is 1.84. The lowest BCUT2D eigenvalue weighted by atomic mass is 9.79. The lowest BCUT2D eigenvalue weighted by molar-refractivity contribution is 0.150. The third-order valence-corrected chi connectivity index (χ3v) is 3.10. The second-order valence-electron chi connectivity index (χ2n) is 4.04. The van der Waals surface area contributed by atoms with Crippen molar-refractivity contribution in [1.29, 1.82) is 0 Å². The van der Waals surface area contributed by atoms with E-state index in [1.54, 1.807) is 0 Å². The SMILES string of the molecule is NCc1ccc(C(F)C2CCC2)cc1. The molecule has 76 valence electrons. The van der Waals surface area contributed by atoms with E-state index in [0.717, 1.165) is 24.0 Å². The highest BCUT2D eigenvalue weighted by atomic mass is 19.1. The molecular weight excluding hydrogens is 177 g/mol. The summed E-state index contributed by atoms with van der Waals surface area (Å²) in [6, 6.07) is 7.57. The minimum atomic E-state index is -0.768. The number of benzene rings is 1. The fraction of sp³-hybridized carbons (Fsp3) is 0.500. The number of hydrogen-bond acceptors (Lipinski definition) is 1. The Morgan fingerprint density at radius 2 is 1.93 bits per heavy atom. The topological polar surface area (TPSA) is 26.0 Å². The van der Waals surface area contributed by atoms with E-state index in [1.165, 1.54) is 6.42 Å². The van der Waals surface area contributed by atoms with Gasteiger partial charge in [-0.3, -0.25) is 0 Å². The van der Waals surface area contributed by atoms with Gasteiger partial charge in [-0.2, -0.15) is 0 Å². The van der Waals surface area contributed by atoms with Gasteiger partial charge >= 0.3 is 0 Å². The Labute approximate surface area is 84.1 Å². The van der Waals surface area contributed by atoms with Crippen molar-refractivity contribution in [3.63, 3.8) is 0 Å². The molecule has 0 radical (unpaired) electrons. The lowest BCUT2D eigenvalue weighted by Gasteiger charge is -2.28. The fourth-order valence-corrected chi connectivity index (χ4v) is 1.84. The third-order valence-electron chi connectivity index (χ3n) is 3.10. The molecule has 1 aromatic carbocycles. The Morgan fingerprint density at radius 1 is 1.29 bits per heavy atom. The summed E-state index contributed by atoms with van der Waals surface area (Å²) in [7, 11) is 0. The monoisotopic (exact) mass is 193 g/mol. The van der Waals surface area contributed by atoms with Crippen LogP contribution in [0.25, 0.3) is 0 Å². The first-order chi connectivity index (χ1) is 6.81. The van der Waals surface area contributed by atoms with Crippen LogP contribution in [0.3, 0.4) is 0 Å². The molecule has 0 heterocycles.